The molecule has 0 aliphatic carbocycles. The average Bonchev–Trinajstić information content (AvgIpc) is 2.82. The van der Waals surface area contributed by atoms with Gasteiger partial charge in [0.1, 0.15) is 5.82 Å². The number of hydrogen-bond donors (Lipinski definition) is 1. The number of rotatable bonds is 3. The van der Waals surface area contributed by atoms with Crippen molar-refractivity contribution < 1.29 is 0 Å². The Labute approximate surface area is 122 Å². The lowest BCUT2D eigenvalue weighted by Gasteiger charge is -2.38. The lowest BCUT2D eigenvalue weighted by Crippen LogP contribution is -2.45. The van der Waals surface area contributed by atoms with E-state index in [9.17, 15) is 0 Å². The number of aryl methyl sites for hydroxylation is 1. The molecule has 1 saturated heterocycles. The van der Waals surface area contributed by atoms with Crippen molar-refractivity contribution >= 4 is 0 Å². The van der Waals surface area contributed by atoms with Gasteiger partial charge in [-0.3, -0.25) is 4.90 Å². The predicted octanol–water partition coefficient (Wildman–Crippen LogP) is 1.96. The van der Waals surface area contributed by atoms with Gasteiger partial charge in [0.2, 0.25) is 0 Å². The van der Waals surface area contributed by atoms with Crippen molar-refractivity contribution in [1.29, 1.82) is 0 Å². The van der Waals surface area contributed by atoms with Crippen LogP contribution in [-0.2, 0) is 19.4 Å². The summed E-state index contributed by atoms with van der Waals surface area (Å²) in [5.74, 6) is 1.26. The molecule has 2 aliphatic rings. The zero-order valence-electron chi connectivity index (χ0n) is 12.9. The number of hydrogen-bond acceptors (Lipinski definition) is 3. The third kappa shape index (κ3) is 2.77. The predicted molar refractivity (Wildman–Crippen MR) is 81.7 cm³/mol. The molecule has 1 fully saturated rings. The molecule has 0 amide bonds. The Morgan fingerprint density at radius 1 is 1.35 bits per heavy atom. The summed E-state index contributed by atoms with van der Waals surface area (Å²) in [5.41, 5.74) is 7.51. The monoisotopic (exact) mass is 276 g/mol. The first-order valence-corrected chi connectivity index (χ1v) is 8.19. The van der Waals surface area contributed by atoms with Crippen molar-refractivity contribution in [3.05, 3.63) is 17.7 Å². The van der Waals surface area contributed by atoms with Crippen molar-refractivity contribution in [2.45, 2.75) is 77.0 Å². The van der Waals surface area contributed by atoms with E-state index in [4.69, 9.17) is 10.7 Å². The normalized spacial score (nSPS) is 27.8. The SMILES string of the molecule is CC(C)N1CCCCC1Cc1ncc2n1CC(N)CC2. The summed E-state index contributed by atoms with van der Waals surface area (Å²) < 4.78 is 2.39. The van der Waals surface area contributed by atoms with Crippen LogP contribution in [0.5, 0.6) is 0 Å². The molecule has 2 N–H and O–H groups in total. The largest absolute Gasteiger partial charge is 0.330 e. The van der Waals surface area contributed by atoms with E-state index < -0.39 is 0 Å². The Morgan fingerprint density at radius 3 is 3.00 bits per heavy atom. The van der Waals surface area contributed by atoms with Crippen molar-refractivity contribution in [1.82, 2.24) is 14.5 Å². The van der Waals surface area contributed by atoms with E-state index >= 15 is 0 Å². The van der Waals surface area contributed by atoms with Gasteiger partial charge in [-0.25, -0.2) is 4.98 Å². The summed E-state index contributed by atoms with van der Waals surface area (Å²) >= 11 is 0. The van der Waals surface area contributed by atoms with E-state index in [2.05, 4.69) is 29.5 Å². The number of piperidine rings is 1. The van der Waals surface area contributed by atoms with Gasteiger partial charge >= 0.3 is 0 Å². The second kappa shape index (κ2) is 5.86. The van der Waals surface area contributed by atoms with Crippen LogP contribution >= 0.6 is 0 Å². The highest BCUT2D eigenvalue weighted by atomic mass is 15.2. The van der Waals surface area contributed by atoms with E-state index in [0.29, 0.717) is 18.1 Å². The molecule has 20 heavy (non-hydrogen) atoms. The van der Waals surface area contributed by atoms with Gasteiger partial charge in [0.15, 0.2) is 0 Å². The molecule has 0 radical (unpaired) electrons. The Kier molecular flexibility index (Phi) is 4.13. The van der Waals surface area contributed by atoms with Gasteiger partial charge in [-0.2, -0.15) is 0 Å². The first-order valence-electron chi connectivity index (χ1n) is 8.19. The fourth-order valence-corrected chi connectivity index (χ4v) is 3.83. The average molecular weight is 276 g/mol. The lowest BCUT2D eigenvalue weighted by molar-refractivity contribution is 0.109. The molecule has 1 aromatic heterocycles. The Bertz CT molecular complexity index is 451. The van der Waals surface area contributed by atoms with E-state index in [1.807, 2.05) is 0 Å². The zero-order valence-corrected chi connectivity index (χ0v) is 12.9. The molecule has 0 bridgehead atoms. The summed E-state index contributed by atoms with van der Waals surface area (Å²) in [5, 5.41) is 0. The molecule has 2 aliphatic heterocycles. The minimum atomic E-state index is 0.308. The van der Waals surface area contributed by atoms with Gasteiger partial charge in [0, 0.05) is 43.0 Å². The maximum absolute atomic E-state index is 6.13. The molecule has 0 aromatic carbocycles. The second-order valence-corrected chi connectivity index (χ2v) is 6.76. The third-order valence-electron chi connectivity index (χ3n) is 4.96. The molecule has 112 valence electrons. The minimum Gasteiger partial charge on any atom is -0.330 e. The van der Waals surface area contributed by atoms with Crippen LogP contribution in [0.2, 0.25) is 0 Å². The van der Waals surface area contributed by atoms with Gasteiger partial charge in [0.25, 0.3) is 0 Å². The fourth-order valence-electron chi connectivity index (χ4n) is 3.83. The molecule has 0 spiro atoms. The molecule has 3 rings (SSSR count). The lowest BCUT2D eigenvalue weighted by atomic mass is 9.97. The van der Waals surface area contributed by atoms with E-state index in [1.54, 1.807) is 0 Å². The van der Waals surface area contributed by atoms with Crippen molar-refractivity contribution in [2.75, 3.05) is 6.54 Å². The Balaban J connectivity index is 1.75. The van der Waals surface area contributed by atoms with Gasteiger partial charge in [-0.05, 0) is 46.1 Å². The van der Waals surface area contributed by atoms with Crippen molar-refractivity contribution in [3.63, 3.8) is 0 Å². The van der Waals surface area contributed by atoms with E-state index in [0.717, 1.165) is 25.8 Å². The first kappa shape index (κ1) is 14.1. The maximum Gasteiger partial charge on any atom is 0.110 e. The first-order chi connectivity index (χ1) is 9.65. The third-order valence-corrected chi connectivity index (χ3v) is 4.96. The van der Waals surface area contributed by atoms with Crippen LogP contribution < -0.4 is 5.73 Å². The van der Waals surface area contributed by atoms with E-state index in [1.165, 1.54) is 37.3 Å². The smallest absolute Gasteiger partial charge is 0.110 e. The zero-order chi connectivity index (χ0) is 14.1. The molecule has 4 nitrogen and oxygen atoms in total. The summed E-state index contributed by atoms with van der Waals surface area (Å²) in [4.78, 5) is 7.36. The fraction of sp³-hybridized carbons (Fsp3) is 0.812. The van der Waals surface area contributed by atoms with Gasteiger partial charge in [-0.1, -0.05) is 6.42 Å². The number of likely N-dealkylation sites (tertiary alicyclic amines) is 1. The highest BCUT2D eigenvalue weighted by molar-refractivity contribution is 5.10. The molecule has 4 heteroatoms. The van der Waals surface area contributed by atoms with Gasteiger partial charge in [0.05, 0.1) is 0 Å². The Hall–Kier alpha value is -0.870. The maximum atomic E-state index is 6.13. The van der Waals surface area contributed by atoms with Gasteiger partial charge in [-0.15, -0.1) is 0 Å². The number of nitrogens with zero attached hydrogens (tertiary/aromatic N) is 3. The number of aromatic nitrogens is 2. The molecule has 2 atom stereocenters. The molecular weight excluding hydrogens is 248 g/mol. The summed E-state index contributed by atoms with van der Waals surface area (Å²) in [6.07, 6.45) is 9.38. The van der Waals surface area contributed by atoms with Crippen LogP contribution in [0.3, 0.4) is 0 Å². The highest BCUT2D eigenvalue weighted by Crippen LogP contribution is 2.24. The summed E-state index contributed by atoms with van der Waals surface area (Å²) in [6, 6.07) is 1.61. The van der Waals surface area contributed by atoms with E-state index in [-0.39, 0.29) is 0 Å². The summed E-state index contributed by atoms with van der Waals surface area (Å²) in [7, 11) is 0. The van der Waals surface area contributed by atoms with Crippen LogP contribution in [-0.4, -0.2) is 39.1 Å². The topological polar surface area (TPSA) is 47.1 Å². The number of nitrogens with two attached hydrogens (primary N) is 1. The Morgan fingerprint density at radius 2 is 2.20 bits per heavy atom. The van der Waals surface area contributed by atoms with Crippen molar-refractivity contribution in [3.8, 4) is 0 Å². The molecule has 3 heterocycles. The molecular formula is C16H28N4. The highest BCUT2D eigenvalue weighted by Gasteiger charge is 2.27. The quantitative estimate of drug-likeness (QED) is 0.918. The standard InChI is InChI=1S/C16H28N4/c1-12(2)19-8-4-3-5-14(19)9-16-18-10-15-7-6-13(17)11-20(15)16/h10,12-14H,3-9,11,17H2,1-2H3. The van der Waals surface area contributed by atoms with Crippen LogP contribution in [0.1, 0.15) is 51.0 Å². The van der Waals surface area contributed by atoms with Crippen LogP contribution in [0.4, 0.5) is 0 Å². The van der Waals surface area contributed by atoms with Crippen LogP contribution in [0, 0.1) is 0 Å². The number of fused-ring (bicyclic) bond motifs is 1. The molecule has 2 unspecified atom stereocenters. The van der Waals surface area contributed by atoms with Crippen LogP contribution in [0.25, 0.3) is 0 Å². The summed E-state index contributed by atoms with van der Waals surface area (Å²) in [6.45, 7) is 6.83. The molecule has 1 aromatic rings. The van der Waals surface area contributed by atoms with Gasteiger partial charge < -0.3 is 10.3 Å². The van der Waals surface area contributed by atoms with Crippen LogP contribution in [0.15, 0.2) is 6.20 Å². The second-order valence-electron chi connectivity index (χ2n) is 6.76. The van der Waals surface area contributed by atoms with Crippen molar-refractivity contribution in [2.24, 2.45) is 5.73 Å². The number of imidazole rings is 1. The minimum absolute atomic E-state index is 0.308. The molecule has 0 saturated carbocycles.